The molecule has 0 saturated heterocycles. The van der Waals surface area contributed by atoms with Crippen molar-refractivity contribution in [3.63, 3.8) is 0 Å². The molecular weight excluding hydrogens is 228 g/mol. The Hall–Kier alpha value is -1.68. The van der Waals surface area contributed by atoms with Crippen LogP contribution in [0.15, 0.2) is 35.1 Å². The number of halogens is 1. The third-order valence-electron chi connectivity index (χ3n) is 2.48. The van der Waals surface area contributed by atoms with Crippen LogP contribution in [0.25, 0.3) is 5.69 Å². The summed E-state index contributed by atoms with van der Waals surface area (Å²) in [5, 5.41) is 9.59. The van der Waals surface area contributed by atoms with Crippen molar-refractivity contribution in [2.45, 2.75) is 12.9 Å². The molecule has 2 rings (SSSR count). The molecular formula is C11H11ClN2O2. The lowest BCUT2D eigenvalue weighted by atomic mass is 10.3. The maximum absolute atomic E-state index is 11.8. The maximum Gasteiger partial charge on any atom is 0.313 e. The molecule has 0 amide bonds. The van der Waals surface area contributed by atoms with Crippen molar-refractivity contribution in [1.82, 2.24) is 9.36 Å². The van der Waals surface area contributed by atoms with Gasteiger partial charge in [-0.3, -0.25) is 9.48 Å². The van der Waals surface area contributed by atoms with Crippen LogP contribution in [0.2, 0.25) is 0 Å². The van der Waals surface area contributed by atoms with Crippen LogP contribution in [0.1, 0.15) is 5.69 Å². The zero-order valence-electron chi connectivity index (χ0n) is 8.72. The average molecular weight is 239 g/mol. The summed E-state index contributed by atoms with van der Waals surface area (Å²) in [5.41, 5.74) is 0.685. The van der Waals surface area contributed by atoms with Gasteiger partial charge in [-0.05, 0) is 19.1 Å². The molecule has 16 heavy (non-hydrogen) atoms. The number of alkyl halides is 1. The Morgan fingerprint density at radius 1 is 1.31 bits per heavy atom. The molecule has 1 aromatic heterocycles. The first-order valence-electron chi connectivity index (χ1n) is 4.79. The van der Waals surface area contributed by atoms with Gasteiger partial charge in [0.15, 0.2) is 0 Å². The van der Waals surface area contributed by atoms with Gasteiger partial charge in [0, 0.05) is 0 Å². The van der Waals surface area contributed by atoms with Crippen molar-refractivity contribution in [1.29, 1.82) is 0 Å². The van der Waals surface area contributed by atoms with Crippen molar-refractivity contribution in [2.24, 2.45) is 0 Å². The Balaban J connectivity index is 2.75. The number of hydrogen-bond acceptors (Lipinski definition) is 2. The van der Waals surface area contributed by atoms with Crippen LogP contribution in [0.3, 0.4) is 0 Å². The lowest BCUT2D eigenvalue weighted by Crippen LogP contribution is -2.20. The van der Waals surface area contributed by atoms with E-state index in [-0.39, 0.29) is 11.8 Å². The number of rotatable bonds is 2. The average Bonchev–Trinajstić information content (AvgIpc) is 2.54. The molecule has 2 aromatic rings. The van der Waals surface area contributed by atoms with Crippen LogP contribution in [0.4, 0.5) is 0 Å². The van der Waals surface area contributed by atoms with E-state index in [1.54, 1.807) is 19.1 Å². The summed E-state index contributed by atoms with van der Waals surface area (Å²) in [7, 11) is 0. The number of hydrogen-bond donors (Lipinski definition) is 1. The predicted octanol–water partition coefficient (Wildman–Crippen LogP) is 1.85. The first kappa shape index (κ1) is 10.8. The van der Waals surface area contributed by atoms with Gasteiger partial charge in [-0.1, -0.05) is 18.2 Å². The molecule has 0 radical (unpaired) electrons. The monoisotopic (exact) mass is 238 g/mol. The standard InChI is InChI=1S/C11H11ClN2O2/c1-8-10(15)11(16)14(13(8)7-12)9-5-3-2-4-6-9/h2-6,15H,7H2,1H3. The van der Waals surface area contributed by atoms with E-state index in [1.165, 1.54) is 9.36 Å². The summed E-state index contributed by atoms with van der Waals surface area (Å²) in [6.07, 6.45) is 0. The van der Waals surface area contributed by atoms with E-state index >= 15 is 0 Å². The largest absolute Gasteiger partial charge is 0.502 e. The second kappa shape index (κ2) is 4.06. The van der Waals surface area contributed by atoms with Crippen LogP contribution >= 0.6 is 11.6 Å². The van der Waals surface area contributed by atoms with Gasteiger partial charge in [0.05, 0.1) is 11.4 Å². The van der Waals surface area contributed by atoms with Crippen LogP contribution in [-0.4, -0.2) is 14.5 Å². The first-order valence-corrected chi connectivity index (χ1v) is 5.33. The molecule has 0 unspecified atom stereocenters. The molecule has 0 fully saturated rings. The minimum absolute atomic E-state index is 0.108. The highest BCUT2D eigenvalue weighted by Crippen LogP contribution is 2.15. The molecule has 0 spiro atoms. The summed E-state index contributed by atoms with van der Waals surface area (Å²) in [6.45, 7) is 1.65. The Morgan fingerprint density at radius 2 is 1.94 bits per heavy atom. The van der Waals surface area contributed by atoms with Crippen molar-refractivity contribution < 1.29 is 5.11 Å². The molecule has 84 valence electrons. The summed E-state index contributed by atoms with van der Waals surface area (Å²) in [6, 6.07) is 9.16. The molecule has 0 saturated carbocycles. The Kier molecular flexibility index (Phi) is 2.75. The molecule has 1 heterocycles. The van der Waals surface area contributed by atoms with E-state index in [2.05, 4.69) is 0 Å². The number of para-hydroxylation sites is 1. The Labute approximate surface area is 97.3 Å². The highest BCUT2D eigenvalue weighted by Gasteiger charge is 2.16. The topological polar surface area (TPSA) is 47.2 Å². The van der Waals surface area contributed by atoms with Crippen molar-refractivity contribution >= 4 is 11.6 Å². The fraction of sp³-hybridized carbons (Fsp3) is 0.182. The predicted molar refractivity (Wildman–Crippen MR) is 62.3 cm³/mol. The molecule has 0 aliphatic heterocycles. The molecule has 0 aliphatic rings. The van der Waals surface area contributed by atoms with Gasteiger partial charge in [0.25, 0.3) is 0 Å². The summed E-state index contributed by atoms with van der Waals surface area (Å²) in [5.74, 6) is -0.260. The minimum atomic E-state index is -0.454. The van der Waals surface area contributed by atoms with E-state index in [9.17, 15) is 9.90 Å². The fourth-order valence-electron chi connectivity index (χ4n) is 1.61. The van der Waals surface area contributed by atoms with E-state index in [0.29, 0.717) is 11.4 Å². The smallest absolute Gasteiger partial charge is 0.313 e. The van der Waals surface area contributed by atoms with E-state index < -0.39 is 5.56 Å². The SMILES string of the molecule is Cc1c(O)c(=O)n(-c2ccccc2)n1CCl. The van der Waals surface area contributed by atoms with Gasteiger partial charge in [0.2, 0.25) is 5.75 Å². The Morgan fingerprint density at radius 3 is 2.50 bits per heavy atom. The highest BCUT2D eigenvalue weighted by molar-refractivity contribution is 6.15. The lowest BCUT2D eigenvalue weighted by Gasteiger charge is -2.09. The molecule has 1 N–H and O–H groups in total. The number of nitrogens with zero attached hydrogens (tertiary/aromatic N) is 2. The molecule has 1 aromatic carbocycles. The number of benzene rings is 1. The molecule has 0 bridgehead atoms. The number of aromatic hydroxyl groups is 1. The highest BCUT2D eigenvalue weighted by atomic mass is 35.5. The minimum Gasteiger partial charge on any atom is -0.502 e. The second-order valence-corrected chi connectivity index (χ2v) is 3.64. The summed E-state index contributed by atoms with van der Waals surface area (Å²) < 4.78 is 2.88. The maximum atomic E-state index is 11.8. The lowest BCUT2D eigenvalue weighted by molar-refractivity contribution is 0.465. The van der Waals surface area contributed by atoms with E-state index in [0.717, 1.165) is 0 Å². The van der Waals surface area contributed by atoms with Crippen molar-refractivity contribution in [3.8, 4) is 11.4 Å². The summed E-state index contributed by atoms with van der Waals surface area (Å²) in [4.78, 5) is 11.8. The van der Waals surface area contributed by atoms with E-state index in [4.69, 9.17) is 11.6 Å². The van der Waals surface area contributed by atoms with Crippen LogP contribution in [0.5, 0.6) is 5.75 Å². The zero-order chi connectivity index (χ0) is 11.7. The van der Waals surface area contributed by atoms with Crippen LogP contribution in [-0.2, 0) is 6.00 Å². The fourth-order valence-corrected chi connectivity index (χ4v) is 1.89. The zero-order valence-corrected chi connectivity index (χ0v) is 9.48. The van der Waals surface area contributed by atoms with Crippen LogP contribution in [0, 0.1) is 6.92 Å². The first-order chi connectivity index (χ1) is 7.66. The molecule has 0 atom stereocenters. The van der Waals surface area contributed by atoms with Gasteiger partial charge in [-0.2, -0.15) is 0 Å². The number of aromatic nitrogens is 2. The molecule has 5 heteroatoms. The van der Waals surface area contributed by atoms with Gasteiger partial charge in [-0.15, -0.1) is 11.6 Å². The van der Waals surface area contributed by atoms with Gasteiger partial charge in [0.1, 0.15) is 6.00 Å². The summed E-state index contributed by atoms with van der Waals surface area (Å²) >= 11 is 5.76. The van der Waals surface area contributed by atoms with Crippen molar-refractivity contribution in [3.05, 3.63) is 46.4 Å². The molecule has 0 aliphatic carbocycles. The van der Waals surface area contributed by atoms with E-state index in [1.807, 2.05) is 18.2 Å². The van der Waals surface area contributed by atoms with Gasteiger partial charge >= 0.3 is 5.56 Å². The second-order valence-electron chi connectivity index (χ2n) is 3.41. The van der Waals surface area contributed by atoms with Gasteiger partial charge in [-0.25, -0.2) is 4.68 Å². The Bertz CT molecular complexity index is 557. The van der Waals surface area contributed by atoms with Crippen molar-refractivity contribution in [2.75, 3.05) is 0 Å². The van der Waals surface area contributed by atoms with Crippen LogP contribution < -0.4 is 5.56 Å². The molecule has 4 nitrogen and oxygen atoms in total. The third-order valence-corrected chi connectivity index (χ3v) is 2.71. The normalized spacial score (nSPS) is 10.6. The third kappa shape index (κ3) is 1.51. The van der Waals surface area contributed by atoms with Gasteiger partial charge < -0.3 is 5.11 Å². The quantitative estimate of drug-likeness (QED) is 0.812.